The molecule has 2 heterocycles. The number of benzene rings is 2. The molecule has 1 atom stereocenters. The lowest BCUT2D eigenvalue weighted by atomic mass is 9.79. The van der Waals surface area contributed by atoms with Crippen molar-refractivity contribution >= 4 is 5.91 Å². The number of para-hydroxylation sites is 1. The zero-order valence-corrected chi connectivity index (χ0v) is 19.9. The van der Waals surface area contributed by atoms with E-state index >= 15 is 0 Å². The maximum atomic E-state index is 14.2. The maximum Gasteiger partial charge on any atom is 0.229 e. The third-order valence-corrected chi connectivity index (χ3v) is 6.52. The van der Waals surface area contributed by atoms with E-state index in [1.807, 2.05) is 77.7 Å². The molecule has 6 nitrogen and oxygen atoms in total. The summed E-state index contributed by atoms with van der Waals surface area (Å²) < 4.78 is 11.5. The summed E-state index contributed by atoms with van der Waals surface area (Å²) in [6.07, 6.45) is 3.38. The van der Waals surface area contributed by atoms with Crippen molar-refractivity contribution in [2.45, 2.75) is 25.8 Å². The minimum Gasteiger partial charge on any atom is -0.497 e. The highest BCUT2D eigenvalue weighted by Gasteiger charge is 2.41. The molecule has 0 aliphatic carbocycles. The van der Waals surface area contributed by atoms with Crippen LogP contribution in [0.3, 0.4) is 0 Å². The third kappa shape index (κ3) is 5.57. The smallest absolute Gasteiger partial charge is 0.229 e. The van der Waals surface area contributed by atoms with Crippen molar-refractivity contribution in [3.8, 4) is 11.5 Å². The van der Waals surface area contributed by atoms with Gasteiger partial charge in [-0.1, -0.05) is 43.3 Å². The van der Waals surface area contributed by atoms with E-state index in [0.717, 1.165) is 48.7 Å². The predicted molar refractivity (Wildman–Crippen MR) is 133 cm³/mol. The molecule has 3 aromatic rings. The van der Waals surface area contributed by atoms with Gasteiger partial charge in [0.15, 0.2) is 0 Å². The van der Waals surface area contributed by atoms with Gasteiger partial charge in [-0.05, 0) is 67.9 Å². The van der Waals surface area contributed by atoms with E-state index in [4.69, 9.17) is 9.47 Å². The quantitative estimate of drug-likeness (QED) is 0.511. The van der Waals surface area contributed by atoms with Crippen LogP contribution in [0.15, 0.2) is 79.0 Å². The number of aromatic nitrogens is 1. The van der Waals surface area contributed by atoms with Crippen LogP contribution in [0.25, 0.3) is 0 Å². The Hall–Kier alpha value is -3.38. The van der Waals surface area contributed by atoms with Crippen molar-refractivity contribution < 1.29 is 14.3 Å². The van der Waals surface area contributed by atoms with E-state index in [2.05, 4.69) is 17.2 Å². The monoisotopic (exact) mass is 459 g/mol. The molecule has 1 fully saturated rings. The van der Waals surface area contributed by atoms with Crippen LogP contribution in [0.4, 0.5) is 0 Å². The van der Waals surface area contributed by atoms with Gasteiger partial charge in [-0.3, -0.25) is 9.78 Å². The highest BCUT2D eigenvalue weighted by molar-refractivity contribution is 5.83. The molecule has 1 amide bonds. The zero-order valence-electron chi connectivity index (χ0n) is 19.9. The number of nitrogens with one attached hydrogen (secondary N) is 1. The number of pyridine rings is 1. The Labute approximate surface area is 201 Å². The van der Waals surface area contributed by atoms with Crippen molar-refractivity contribution in [3.63, 3.8) is 0 Å². The van der Waals surface area contributed by atoms with Gasteiger partial charge in [-0.25, -0.2) is 0 Å². The van der Waals surface area contributed by atoms with Crippen LogP contribution in [-0.4, -0.2) is 49.1 Å². The number of amides is 1. The first-order valence-electron chi connectivity index (χ1n) is 11.9. The van der Waals surface area contributed by atoms with Crippen LogP contribution in [0.2, 0.25) is 0 Å². The number of ether oxygens (including phenoxy) is 2. The number of hydrogen-bond donors (Lipinski definition) is 1. The molecule has 1 unspecified atom stereocenters. The number of carbonyl (C=O) groups excluding carboxylic acids is 1. The van der Waals surface area contributed by atoms with Gasteiger partial charge in [0.25, 0.3) is 0 Å². The largest absolute Gasteiger partial charge is 0.497 e. The first-order valence-corrected chi connectivity index (χ1v) is 11.9. The molecule has 2 aromatic carbocycles. The van der Waals surface area contributed by atoms with Crippen molar-refractivity contribution in [2.24, 2.45) is 5.41 Å². The summed E-state index contributed by atoms with van der Waals surface area (Å²) in [5.41, 5.74) is 1.34. The molecule has 1 aliphatic rings. The molecule has 1 saturated heterocycles. The Morgan fingerprint density at radius 3 is 2.47 bits per heavy atom. The first-order chi connectivity index (χ1) is 16.6. The van der Waals surface area contributed by atoms with Gasteiger partial charge in [0, 0.05) is 11.6 Å². The van der Waals surface area contributed by atoms with E-state index < -0.39 is 5.41 Å². The van der Waals surface area contributed by atoms with Crippen LogP contribution in [0, 0.1) is 5.41 Å². The van der Waals surface area contributed by atoms with E-state index in [9.17, 15) is 4.79 Å². The SMILES string of the molecule is COc1cccc(C(c2ccccn2)N(CCOc2ccccc2)C(=O)C2(C)CCNCC2)c1. The molecule has 1 aromatic heterocycles. The summed E-state index contributed by atoms with van der Waals surface area (Å²) >= 11 is 0. The lowest BCUT2D eigenvalue weighted by Gasteiger charge is -2.41. The summed E-state index contributed by atoms with van der Waals surface area (Å²) in [4.78, 5) is 20.8. The zero-order chi connectivity index (χ0) is 23.8. The number of methoxy groups -OCH3 is 1. The van der Waals surface area contributed by atoms with Crippen LogP contribution >= 0.6 is 0 Å². The minimum atomic E-state index is -0.441. The van der Waals surface area contributed by atoms with Gasteiger partial charge in [-0.2, -0.15) is 0 Å². The lowest BCUT2D eigenvalue weighted by molar-refractivity contribution is -0.145. The number of rotatable bonds is 9. The van der Waals surface area contributed by atoms with Crippen molar-refractivity contribution in [3.05, 3.63) is 90.3 Å². The minimum absolute atomic E-state index is 0.129. The fourth-order valence-electron chi connectivity index (χ4n) is 4.53. The van der Waals surface area contributed by atoms with E-state index in [0.29, 0.717) is 13.2 Å². The van der Waals surface area contributed by atoms with Crippen LogP contribution in [0.1, 0.15) is 37.1 Å². The van der Waals surface area contributed by atoms with Crippen LogP contribution < -0.4 is 14.8 Å². The standard InChI is InChI=1S/C28H33N3O3/c1-28(14-17-29-18-15-28)27(32)31(19-20-34-23-10-4-3-5-11-23)26(25-13-6-7-16-30-25)22-9-8-12-24(21-22)33-2/h3-13,16,21,26,29H,14-15,17-20H2,1-2H3. The second-order valence-electron chi connectivity index (χ2n) is 8.90. The highest BCUT2D eigenvalue weighted by atomic mass is 16.5. The molecule has 0 saturated carbocycles. The molecule has 0 spiro atoms. The maximum absolute atomic E-state index is 14.2. The molecule has 178 valence electrons. The Kier molecular flexibility index (Phi) is 7.80. The molecular formula is C28H33N3O3. The third-order valence-electron chi connectivity index (χ3n) is 6.52. The molecular weight excluding hydrogens is 426 g/mol. The number of nitrogens with zero attached hydrogens (tertiary/aromatic N) is 2. The molecule has 0 radical (unpaired) electrons. The Morgan fingerprint density at radius 2 is 1.76 bits per heavy atom. The van der Waals surface area contributed by atoms with Crippen molar-refractivity contribution in [1.82, 2.24) is 15.2 Å². The second-order valence-corrected chi connectivity index (χ2v) is 8.90. The number of carbonyl (C=O) groups is 1. The van der Waals surface area contributed by atoms with Gasteiger partial charge in [0.2, 0.25) is 5.91 Å². The van der Waals surface area contributed by atoms with E-state index in [1.54, 1.807) is 13.3 Å². The Balaban J connectivity index is 1.71. The van der Waals surface area contributed by atoms with Crippen molar-refractivity contribution in [2.75, 3.05) is 33.4 Å². The summed E-state index contributed by atoms with van der Waals surface area (Å²) in [5, 5.41) is 3.38. The van der Waals surface area contributed by atoms with E-state index in [-0.39, 0.29) is 11.9 Å². The first kappa shape index (κ1) is 23.8. The Morgan fingerprint density at radius 1 is 1.03 bits per heavy atom. The van der Waals surface area contributed by atoms with Crippen LogP contribution in [0.5, 0.6) is 11.5 Å². The molecule has 34 heavy (non-hydrogen) atoms. The van der Waals surface area contributed by atoms with Gasteiger partial charge >= 0.3 is 0 Å². The Bertz CT molecular complexity index is 1050. The topological polar surface area (TPSA) is 63.7 Å². The molecule has 1 aliphatic heterocycles. The summed E-state index contributed by atoms with van der Waals surface area (Å²) in [6.45, 7) is 4.59. The van der Waals surface area contributed by atoms with Gasteiger partial charge < -0.3 is 19.7 Å². The fourth-order valence-corrected chi connectivity index (χ4v) is 4.53. The average Bonchev–Trinajstić information content (AvgIpc) is 2.89. The summed E-state index contributed by atoms with van der Waals surface area (Å²) in [5.74, 6) is 1.67. The van der Waals surface area contributed by atoms with E-state index in [1.165, 1.54) is 0 Å². The van der Waals surface area contributed by atoms with Crippen LogP contribution in [-0.2, 0) is 4.79 Å². The van der Waals surface area contributed by atoms with Gasteiger partial charge in [0.05, 0.1) is 25.4 Å². The molecule has 0 bridgehead atoms. The lowest BCUT2D eigenvalue weighted by Crippen LogP contribution is -2.50. The fraction of sp³-hybridized carbons (Fsp3) is 0.357. The molecule has 6 heteroatoms. The summed E-state index contributed by atoms with van der Waals surface area (Å²) in [7, 11) is 1.65. The number of hydrogen-bond acceptors (Lipinski definition) is 5. The van der Waals surface area contributed by atoms with Gasteiger partial charge in [0.1, 0.15) is 18.1 Å². The second kappa shape index (κ2) is 11.2. The molecule has 4 rings (SSSR count). The predicted octanol–water partition coefficient (Wildman–Crippen LogP) is 4.48. The normalized spacial score (nSPS) is 15.8. The average molecular weight is 460 g/mol. The summed E-state index contributed by atoms with van der Waals surface area (Å²) in [6, 6.07) is 23.1. The highest BCUT2D eigenvalue weighted by Crippen LogP contribution is 2.37. The number of piperidine rings is 1. The van der Waals surface area contributed by atoms with Gasteiger partial charge in [-0.15, -0.1) is 0 Å². The van der Waals surface area contributed by atoms with Crippen molar-refractivity contribution in [1.29, 1.82) is 0 Å². The molecule has 1 N–H and O–H groups in total.